The third kappa shape index (κ3) is 3.34. The molecule has 2 heterocycles. The maximum Gasteiger partial charge on any atom is 0.212 e. The zero-order valence-electron chi connectivity index (χ0n) is 13.5. The van der Waals surface area contributed by atoms with Gasteiger partial charge >= 0.3 is 0 Å². The van der Waals surface area contributed by atoms with E-state index >= 15 is 0 Å². The van der Waals surface area contributed by atoms with Crippen molar-refractivity contribution < 1.29 is 4.74 Å². The molecule has 0 N–H and O–H groups in total. The van der Waals surface area contributed by atoms with Gasteiger partial charge in [-0.05, 0) is 48.9 Å². The molecule has 0 saturated carbocycles. The highest BCUT2D eigenvalue weighted by atomic mass is 79.9. The van der Waals surface area contributed by atoms with Crippen LogP contribution in [0.4, 0.5) is 0 Å². The molecular weight excluding hydrogens is 400 g/mol. The molecule has 2 aromatic carbocycles. The maximum absolute atomic E-state index is 5.50. The molecule has 5 nitrogen and oxygen atoms in total. The molecule has 25 heavy (non-hydrogen) atoms. The summed E-state index contributed by atoms with van der Waals surface area (Å²) < 4.78 is 8.37. The summed E-state index contributed by atoms with van der Waals surface area (Å²) in [4.78, 5) is 0. The first-order chi connectivity index (χ1) is 12.2. The summed E-state index contributed by atoms with van der Waals surface area (Å²) >= 11 is 5.11. The lowest BCUT2D eigenvalue weighted by molar-refractivity contribution is 0.340. The molecule has 7 heteroatoms. The first kappa shape index (κ1) is 16.4. The number of fused-ring (bicyclic) bond motifs is 1. The second kappa shape index (κ2) is 7.01. The molecule has 0 spiro atoms. The van der Waals surface area contributed by atoms with E-state index in [1.807, 2.05) is 48.0 Å². The third-order valence-corrected chi connectivity index (χ3v) is 5.23. The van der Waals surface area contributed by atoms with Gasteiger partial charge in [-0.3, -0.25) is 0 Å². The lowest BCUT2D eigenvalue weighted by atomic mass is 10.1. The van der Waals surface area contributed by atoms with Crippen molar-refractivity contribution in [3.8, 4) is 17.1 Å². The SMILES string of the molecule is CCOc1ccc(-c2nnc3n2N=C(c2ccc(Br)cc2)CS3)cc1. The van der Waals surface area contributed by atoms with Gasteiger partial charge in [-0.15, -0.1) is 10.2 Å². The molecule has 0 amide bonds. The van der Waals surface area contributed by atoms with E-state index < -0.39 is 0 Å². The Hall–Kier alpha value is -2.12. The van der Waals surface area contributed by atoms with E-state index in [2.05, 4.69) is 38.3 Å². The maximum atomic E-state index is 5.50. The summed E-state index contributed by atoms with van der Waals surface area (Å²) in [5.41, 5.74) is 3.08. The van der Waals surface area contributed by atoms with Crippen LogP contribution in [0.15, 0.2) is 63.3 Å². The van der Waals surface area contributed by atoms with Crippen molar-refractivity contribution in [3.05, 3.63) is 58.6 Å². The predicted molar refractivity (Wildman–Crippen MR) is 103 cm³/mol. The quantitative estimate of drug-likeness (QED) is 0.631. The minimum Gasteiger partial charge on any atom is -0.494 e. The minimum atomic E-state index is 0.650. The van der Waals surface area contributed by atoms with Crippen molar-refractivity contribution in [1.29, 1.82) is 0 Å². The monoisotopic (exact) mass is 414 g/mol. The smallest absolute Gasteiger partial charge is 0.212 e. The number of thioether (sulfide) groups is 1. The molecule has 0 saturated heterocycles. The average molecular weight is 415 g/mol. The van der Waals surface area contributed by atoms with Crippen molar-refractivity contribution in [2.45, 2.75) is 12.1 Å². The number of hydrogen-bond donors (Lipinski definition) is 0. The number of halogens is 1. The van der Waals surface area contributed by atoms with Gasteiger partial charge in [0.1, 0.15) is 5.75 Å². The third-order valence-electron chi connectivity index (χ3n) is 3.77. The Morgan fingerprint density at radius 1 is 1.04 bits per heavy atom. The topological polar surface area (TPSA) is 52.3 Å². The fourth-order valence-corrected chi connectivity index (χ4v) is 3.66. The van der Waals surface area contributed by atoms with E-state index in [-0.39, 0.29) is 0 Å². The number of ether oxygens (including phenoxy) is 1. The van der Waals surface area contributed by atoms with Gasteiger partial charge in [-0.25, -0.2) is 0 Å². The van der Waals surface area contributed by atoms with Crippen molar-refractivity contribution >= 4 is 33.4 Å². The highest BCUT2D eigenvalue weighted by Crippen LogP contribution is 2.29. The van der Waals surface area contributed by atoms with E-state index in [0.717, 1.165) is 43.8 Å². The second-order valence-electron chi connectivity index (χ2n) is 5.42. The Kier molecular flexibility index (Phi) is 4.59. The number of nitrogens with zero attached hydrogens (tertiary/aromatic N) is 4. The molecule has 0 unspecified atom stereocenters. The Morgan fingerprint density at radius 2 is 1.76 bits per heavy atom. The van der Waals surface area contributed by atoms with Gasteiger partial charge in [-0.2, -0.15) is 9.78 Å². The number of aromatic nitrogens is 3. The summed E-state index contributed by atoms with van der Waals surface area (Å²) in [6.45, 7) is 2.62. The predicted octanol–water partition coefficient (Wildman–Crippen LogP) is 4.46. The van der Waals surface area contributed by atoms with Gasteiger partial charge in [0.15, 0.2) is 5.82 Å². The lowest BCUT2D eigenvalue weighted by Gasteiger charge is -2.14. The van der Waals surface area contributed by atoms with Crippen LogP contribution >= 0.6 is 27.7 Å². The Balaban J connectivity index is 1.70. The van der Waals surface area contributed by atoms with Crippen molar-refractivity contribution in [1.82, 2.24) is 14.9 Å². The van der Waals surface area contributed by atoms with Gasteiger partial charge in [0, 0.05) is 15.8 Å². The van der Waals surface area contributed by atoms with Crippen molar-refractivity contribution in [2.24, 2.45) is 5.10 Å². The van der Waals surface area contributed by atoms with Crippen molar-refractivity contribution in [2.75, 3.05) is 12.4 Å². The van der Waals surface area contributed by atoms with Gasteiger partial charge in [0.2, 0.25) is 5.16 Å². The molecule has 0 fully saturated rings. The van der Waals surface area contributed by atoms with Crippen LogP contribution in [0.1, 0.15) is 12.5 Å². The number of rotatable bonds is 4. The molecule has 0 aliphatic carbocycles. The zero-order chi connectivity index (χ0) is 17.2. The van der Waals surface area contributed by atoms with E-state index in [4.69, 9.17) is 9.84 Å². The van der Waals surface area contributed by atoms with Crippen LogP contribution in [-0.4, -0.2) is 32.9 Å². The first-order valence-electron chi connectivity index (χ1n) is 7.90. The van der Waals surface area contributed by atoms with Gasteiger partial charge in [-0.1, -0.05) is 39.8 Å². The normalized spacial score (nSPS) is 13.3. The van der Waals surface area contributed by atoms with Crippen LogP contribution in [0.3, 0.4) is 0 Å². The highest BCUT2D eigenvalue weighted by molar-refractivity contribution is 9.10. The Bertz CT molecular complexity index is 919. The molecule has 1 aliphatic rings. The summed E-state index contributed by atoms with van der Waals surface area (Å²) in [7, 11) is 0. The minimum absolute atomic E-state index is 0.650. The second-order valence-corrected chi connectivity index (χ2v) is 7.28. The molecule has 126 valence electrons. The molecule has 0 atom stereocenters. The fraction of sp³-hybridized carbons (Fsp3) is 0.167. The van der Waals surface area contributed by atoms with E-state index in [1.165, 1.54) is 0 Å². The summed E-state index contributed by atoms with van der Waals surface area (Å²) in [5.74, 6) is 2.36. The van der Waals surface area contributed by atoms with Gasteiger partial charge in [0.05, 0.1) is 12.3 Å². The molecule has 4 rings (SSSR count). The van der Waals surface area contributed by atoms with Crippen LogP contribution in [0.2, 0.25) is 0 Å². The molecule has 1 aromatic heterocycles. The van der Waals surface area contributed by atoms with Gasteiger partial charge < -0.3 is 4.74 Å². The summed E-state index contributed by atoms with van der Waals surface area (Å²) in [6.07, 6.45) is 0. The molecule has 0 radical (unpaired) electrons. The highest BCUT2D eigenvalue weighted by Gasteiger charge is 2.20. The number of hydrogen-bond acceptors (Lipinski definition) is 5. The largest absolute Gasteiger partial charge is 0.494 e. The van der Waals surface area contributed by atoms with E-state index in [1.54, 1.807) is 11.8 Å². The van der Waals surface area contributed by atoms with Crippen LogP contribution in [0.25, 0.3) is 11.4 Å². The zero-order valence-corrected chi connectivity index (χ0v) is 15.9. The van der Waals surface area contributed by atoms with Crippen LogP contribution in [0.5, 0.6) is 5.75 Å². The van der Waals surface area contributed by atoms with Crippen LogP contribution < -0.4 is 4.74 Å². The molecular formula is C18H15BrN4OS. The van der Waals surface area contributed by atoms with E-state index in [9.17, 15) is 0 Å². The summed E-state index contributed by atoms with van der Waals surface area (Å²) in [6, 6.07) is 16.0. The van der Waals surface area contributed by atoms with Crippen LogP contribution in [0, 0.1) is 0 Å². The standard InChI is InChI=1S/C18H15BrN4OS/c1-2-24-15-9-5-13(6-10-15)17-20-21-18-23(17)22-16(11-25-18)12-3-7-14(19)8-4-12/h3-10H,2,11H2,1H3. The Labute approximate surface area is 158 Å². The molecule has 1 aliphatic heterocycles. The fourth-order valence-electron chi connectivity index (χ4n) is 2.56. The van der Waals surface area contributed by atoms with E-state index in [0.29, 0.717) is 6.61 Å². The van der Waals surface area contributed by atoms with Crippen molar-refractivity contribution in [3.63, 3.8) is 0 Å². The first-order valence-corrected chi connectivity index (χ1v) is 9.67. The lowest BCUT2D eigenvalue weighted by Crippen LogP contribution is -2.13. The summed E-state index contributed by atoms with van der Waals surface area (Å²) in [5, 5.41) is 14.2. The number of benzene rings is 2. The van der Waals surface area contributed by atoms with Crippen LogP contribution in [-0.2, 0) is 0 Å². The van der Waals surface area contributed by atoms with Gasteiger partial charge in [0.25, 0.3) is 0 Å². The molecule has 0 bridgehead atoms. The molecule has 3 aromatic rings. The average Bonchev–Trinajstić information content (AvgIpc) is 3.06. The Morgan fingerprint density at radius 3 is 2.48 bits per heavy atom.